The molecule has 4 nitrogen and oxygen atoms in total. The van der Waals surface area contributed by atoms with E-state index in [9.17, 15) is 0 Å². The van der Waals surface area contributed by atoms with Crippen molar-refractivity contribution in [2.75, 3.05) is 0 Å². The number of aromatic nitrogens is 2. The number of aryl methyl sites for hydroxylation is 2. The molecule has 27 heavy (non-hydrogen) atoms. The zero-order valence-corrected chi connectivity index (χ0v) is 16.6. The number of rotatable bonds is 3. The molecule has 2 N–H and O–H groups in total. The smallest absolute Gasteiger partial charge is 0.145 e. The Hall–Kier alpha value is -2.72. The predicted octanol–water partition coefficient (Wildman–Crippen LogP) is 2.45. The van der Waals surface area contributed by atoms with Crippen LogP contribution in [-0.4, -0.2) is 16.1 Å². The summed E-state index contributed by atoms with van der Waals surface area (Å²) in [5.41, 5.74) is 4.28. The summed E-state index contributed by atoms with van der Waals surface area (Å²) in [6, 6.07) is 9.90. The number of nitrogens with zero attached hydrogens (tertiary/aromatic N) is 1. The fourth-order valence-corrected chi connectivity index (χ4v) is 3.44. The van der Waals surface area contributed by atoms with Crippen molar-refractivity contribution in [2.45, 2.75) is 33.8 Å². The number of hydrogen-bond acceptors (Lipinski definition) is 2. The maximum atomic E-state index is 6.09. The monoisotopic (exact) mass is 379 g/mol. The lowest BCUT2D eigenvalue weighted by Gasteiger charge is -2.06. The van der Waals surface area contributed by atoms with E-state index < -0.39 is 0 Å². The van der Waals surface area contributed by atoms with E-state index in [4.69, 9.17) is 21.3 Å². The molecule has 3 heterocycles. The third-order valence-corrected chi connectivity index (χ3v) is 4.69. The summed E-state index contributed by atoms with van der Waals surface area (Å²) in [6.07, 6.45) is 4.23. The van der Waals surface area contributed by atoms with Gasteiger partial charge in [0.05, 0.1) is 27.9 Å². The molecule has 2 aromatic heterocycles. The first-order valence-corrected chi connectivity index (χ1v) is 9.41. The SMILES string of the molecule is Cc1cc(C)c(C=c2[nH]c(=C3C=c4ccc(Cl)cc4=N3)cc2OC(C)C)[nH]1. The zero-order chi connectivity index (χ0) is 19.1. The van der Waals surface area contributed by atoms with Crippen LogP contribution in [0.25, 0.3) is 17.8 Å². The molecular weight excluding hydrogens is 358 g/mol. The number of aromatic amines is 2. The van der Waals surface area contributed by atoms with Crippen molar-refractivity contribution in [1.29, 1.82) is 0 Å². The normalized spacial score (nSPS) is 15.7. The molecule has 0 atom stereocenters. The fraction of sp³-hybridized carbons (Fsp3) is 0.227. The number of halogens is 1. The van der Waals surface area contributed by atoms with Crippen molar-refractivity contribution >= 4 is 29.5 Å². The van der Waals surface area contributed by atoms with E-state index in [1.165, 1.54) is 5.56 Å². The topological polar surface area (TPSA) is 53.2 Å². The average Bonchev–Trinajstić information content (AvgIpc) is 3.25. The van der Waals surface area contributed by atoms with Crippen molar-refractivity contribution in [1.82, 2.24) is 9.97 Å². The Kier molecular flexibility index (Phi) is 4.44. The van der Waals surface area contributed by atoms with E-state index in [0.717, 1.165) is 44.1 Å². The van der Waals surface area contributed by atoms with Gasteiger partial charge >= 0.3 is 0 Å². The van der Waals surface area contributed by atoms with Crippen LogP contribution in [0, 0.1) is 13.8 Å². The minimum absolute atomic E-state index is 0.0813. The molecule has 1 aromatic carbocycles. The van der Waals surface area contributed by atoms with Gasteiger partial charge in [-0.15, -0.1) is 0 Å². The highest BCUT2D eigenvalue weighted by Crippen LogP contribution is 2.11. The van der Waals surface area contributed by atoms with Crippen molar-refractivity contribution in [3.8, 4) is 5.75 Å². The van der Waals surface area contributed by atoms with Crippen molar-refractivity contribution in [3.05, 3.63) is 73.6 Å². The molecule has 1 aliphatic rings. The number of benzene rings is 1. The van der Waals surface area contributed by atoms with Crippen LogP contribution >= 0.6 is 11.6 Å². The highest BCUT2D eigenvalue weighted by Gasteiger charge is 2.09. The number of nitrogens with one attached hydrogen (secondary N) is 2. The van der Waals surface area contributed by atoms with Crippen LogP contribution in [0.15, 0.2) is 35.3 Å². The van der Waals surface area contributed by atoms with Crippen LogP contribution in [0.3, 0.4) is 0 Å². The molecule has 1 aliphatic heterocycles. The second-order valence-electron chi connectivity index (χ2n) is 7.17. The number of H-pyrrole nitrogens is 2. The first kappa shape index (κ1) is 17.7. The third kappa shape index (κ3) is 3.58. The van der Waals surface area contributed by atoms with Crippen LogP contribution in [0.5, 0.6) is 5.75 Å². The van der Waals surface area contributed by atoms with Gasteiger partial charge < -0.3 is 14.7 Å². The fourth-order valence-electron chi connectivity index (χ4n) is 3.28. The Morgan fingerprint density at radius 2 is 1.93 bits per heavy atom. The standard InChI is InChI=1S/C22H22ClN3O/c1-12(2)27-22-11-20(19-8-15-5-6-16(23)9-18(15)25-19)26-21(22)10-17-13(3)7-14(4)24-17/h5-12,24,26H,1-4H3. The highest BCUT2D eigenvalue weighted by atomic mass is 35.5. The molecule has 0 aliphatic carbocycles. The van der Waals surface area contributed by atoms with Gasteiger partial charge in [-0.25, -0.2) is 4.99 Å². The van der Waals surface area contributed by atoms with Crippen LogP contribution < -0.4 is 26.0 Å². The van der Waals surface area contributed by atoms with Crippen LogP contribution in [-0.2, 0) is 0 Å². The molecule has 0 bridgehead atoms. The minimum Gasteiger partial charge on any atom is -0.489 e. The van der Waals surface area contributed by atoms with Crippen LogP contribution in [0.2, 0.25) is 5.02 Å². The van der Waals surface area contributed by atoms with Gasteiger partial charge in [-0.2, -0.15) is 0 Å². The van der Waals surface area contributed by atoms with Gasteiger partial charge in [-0.3, -0.25) is 0 Å². The summed E-state index contributed by atoms with van der Waals surface area (Å²) >= 11 is 6.09. The van der Waals surface area contributed by atoms with Crippen molar-refractivity contribution < 1.29 is 4.74 Å². The summed E-state index contributed by atoms with van der Waals surface area (Å²) in [7, 11) is 0. The summed E-state index contributed by atoms with van der Waals surface area (Å²) in [5.74, 6) is 0.816. The third-order valence-electron chi connectivity index (χ3n) is 4.45. The molecule has 0 radical (unpaired) electrons. The predicted molar refractivity (Wildman–Crippen MR) is 110 cm³/mol. The molecule has 0 fully saturated rings. The second kappa shape index (κ2) is 6.78. The van der Waals surface area contributed by atoms with Gasteiger partial charge in [0, 0.05) is 27.7 Å². The van der Waals surface area contributed by atoms with Crippen LogP contribution in [0.1, 0.15) is 30.8 Å². The van der Waals surface area contributed by atoms with E-state index >= 15 is 0 Å². The quantitative estimate of drug-likeness (QED) is 0.721. The Morgan fingerprint density at radius 1 is 1.11 bits per heavy atom. The van der Waals surface area contributed by atoms with Gasteiger partial charge in [0.1, 0.15) is 5.75 Å². The molecular formula is C22H22ClN3O. The summed E-state index contributed by atoms with van der Waals surface area (Å²) in [5, 5.41) is 4.49. The van der Waals surface area contributed by atoms with Gasteiger partial charge in [-0.1, -0.05) is 17.7 Å². The maximum absolute atomic E-state index is 6.09. The Labute approximate surface area is 162 Å². The molecule has 5 heteroatoms. The lowest BCUT2D eigenvalue weighted by atomic mass is 10.2. The first-order chi connectivity index (χ1) is 12.9. The maximum Gasteiger partial charge on any atom is 0.145 e. The van der Waals surface area contributed by atoms with Crippen molar-refractivity contribution in [2.24, 2.45) is 4.99 Å². The Morgan fingerprint density at radius 3 is 2.63 bits per heavy atom. The van der Waals surface area contributed by atoms with E-state index in [2.05, 4.69) is 42.0 Å². The van der Waals surface area contributed by atoms with E-state index in [0.29, 0.717) is 5.02 Å². The molecule has 0 saturated carbocycles. The number of fused-ring (bicyclic) bond motifs is 1. The molecule has 0 unspecified atom stereocenters. The number of hydrogen-bond donors (Lipinski definition) is 2. The lowest BCUT2D eigenvalue weighted by Crippen LogP contribution is -2.20. The molecule has 4 rings (SSSR count). The van der Waals surface area contributed by atoms with E-state index in [1.54, 1.807) is 0 Å². The molecule has 0 spiro atoms. The molecule has 138 valence electrons. The van der Waals surface area contributed by atoms with Gasteiger partial charge in [0.15, 0.2) is 0 Å². The molecule has 0 saturated heterocycles. The highest BCUT2D eigenvalue weighted by molar-refractivity contribution is 6.30. The van der Waals surface area contributed by atoms with Crippen LogP contribution in [0.4, 0.5) is 0 Å². The van der Waals surface area contributed by atoms with Gasteiger partial charge in [-0.05, 0) is 63.6 Å². The van der Waals surface area contributed by atoms with E-state index in [1.807, 2.05) is 38.1 Å². The molecule has 0 amide bonds. The minimum atomic E-state index is 0.0813. The Balaban J connectivity index is 1.92. The van der Waals surface area contributed by atoms with Gasteiger partial charge in [0.2, 0.25) is 0 Å². The zero-order valence-electron chi connectivity index (χ0n) is 15.9. The lowest BCUT2D eigenvalue weighted by molar-refractivity contribution is 0.240. The summed E-state index contributed by atoms with van der Waals surface area (Å²) in [6.45, 7) is 8.20. The first-order valence-electron chi connectivity index (χ1n) is 9.03. The summed E-state index contributed by atoms with van der Waals surface area (Å²) in [4.78, 5) is 11.6. The molecule has 3 aromatic rings. The largest absolute Gasteiger partial charge is 0.489 e. The summed E-state index contributed by atoms with van der Waals surface area (Å²) < 4.78 is 6.03. The Bertz CT molecular complexity index is 1260. The second-order valence-corrected chi connectivity index (χ2v) is 7.60. The average molecular weight is 380 g/mol. The van der Waals surface area contributed by atoms with Gasteiger partial charge in [0.25, 0.3) is 0 Å². The van der Waals surface area contributed by atoms with E-state index in [-0.39, 0.29) is 6.10 Å². The number of ether oxygens (including phenoxy) is 1. The van der Waals surface area contributed by atoms with Crippen molar-refractivity contribution in [3.63, 3.8) is 0 Å².